The van der Waals surface area contributed by atoms with Crippen LogP contribution in [-0.2, 0) is 15.0 Å². The van der Waals surface area contributed by atoms with Crippen LogP contribution < -0.4 is 19.7 Å². The summed E-state index contributed by atoms with van der Waals surface area (Å²) in [7, 11) is 3.08. The van der Waals surface area contributed by atoms with E-state index in [2.05, 4.69) is 5.32 Å². The number of carbonyl (C=O) groups excluding carboxylic acids is 2. The van der Waals surface area contributed by atoms with Crippen molar-refractivity contribution < 1.29 is 19.1 Å². The van der Waals surface area contributed by atoms with Crippen LogP contribution in [0.3, 0.4) is 0 Å². The number of nitrogens with one attached hydrogen (secondary N) is 1. The van der Waals surface area contributed by atoms with Crippen molar-refractivity contribution in [2.24, 2.45) is 0 Å². The van der Waals surface area contributed by atoms with Crippen molar-refractivity contribution in [1.82, 2.24) is 0 Å². The number of hydrogen-bond donors (Lipinski definition) is 1. The van der Waals surface area contributed by atoms with Gasteiger partial charge in [-0.05, 0) is 37.6 Å². The van der Waals surface area contributed by atoms with E-state index in [1.807, 2.05) is 38.1 Å². The topological polar surface area (TPSA) is 67.9 Å². The van der Waals surface area contributed by atoms with Crippen LogP contribution in [0.25, 0.3) is 0 Å². The van der Waals surface area contributed by atoms with E-state index in [1.165, 1.54) is 12.0 Å². The first-order valence-corrected chi connectivity index (χ1v) is 8.32. The molecule has 0 bridgehead atoms. The lowest BCUT2D eigenvalue weighted by molar-refractivity contribution is -0.124. The number of ether oxygens (including phenoxy) is 2. The molecule has 0 aromatic heterocycles. The molecule has 3 rings (SSSR count). The molecular weight excluding hydrogens is 332 g/mol. The molecule has 0 fully saturated rings. The van der Waals surface area contributed by atoms with Gasteiger partial charge in [0.15, 0.2) is 11.5 Å². The van der Waals surface area contributed by atoms with E-state index in [9.17, 15) is 9.59 Å². The fourth-order valence-electron chi connectivity index (χ4n) is 3.21. The molecule has 1 heterocycles. The summed E-state index contributed by atoms with van der Waals surface area (Å²) in [5, 5.41) is 2.81. The maximum absolute atomic E-state index is 12.8. The Morgan fingerprint density at radius 3 is 2.46 bits per heavy atom. The van der Waals surface area contributed by atoms with E-state index in [0.29, 0.717) is 17.2 Å². The Kier molecular flexibility index (Phi) is 4.59. The van der Waals surface area contributed by atoms with Crippen molar-refractivity contribution in [3.63, 3.8) is 0 Å². The molecule has 136 valence electrons. The van der Waals surface area contributed by atoms with Gasteiger partial charge in [-0.3, -0.25) is 9.59 Å². The summed E-state index contributed by atoms with van der Waals surface area (Å²) in [6.07, 6.45) is 0. The molecule has 0 unspecified atom stereocenters. The Morgan fingerprint density at radius 2 is 1.77 bits per heavy atom. The molecule has 0 atom stereocenters. The molecular formula is C20H22N2O4. The maximum atomic E-state index is 12.8. The fourth-order valence-corrected chi connectivity index (χ4v) is 3.21. The monoisotopic (exact) mass is 354 g/mol. The highest BCUT2D eigenvalue weighted by molar-refractivity contribution is 6.11. The van der Waals surface area contributed by atoms with E-state index >= 15 is 0 Å². The largest absolute Gasteiger partial charge is 0.493 e. The van der Waals surface area contributed by atoms with Gasteiger partial charge in [0.1, 0.15) is 6.54 Å². The maximum Gasteiger partial charge on any atom is 0.244 e. The van der Waals surface area contributed by atoms with Gasteiger partial charge in [0, 0.05) is 17.4 Å². The van der Waals surface area contributed by atoms with Crippen molar-refractivity contribution in [2.75, 3.05) is 31.0 Å². The molecule has 0 saturated heterocycles. The summed E-state index contributed by atoms with van der Waals surface area (Å²) < 4.78 is 10.4. The lowest BCUT2D eigenvalue weighted by atomic mass is 9.86. The van der Waals surface area contributed by atoms with Gasteiger partial charge in [-0.2, -0.15) is 0 Å². The first-order chi connectivity index (χ1) is 12.4. The second kappa shape index (κ2) is 6.71. The highest BCUT2D eigenvalue weighted by Gasteiger charge is 2.44. The van der Waals surface area contributed by atoms with Crippen molar-refractivity contribution in [2.45, 2.75) is 19.3 Å². The third kappa shape index (κ3) is 2.98. The molecule has 2 amide bonds. The van der Waals surface area contributed by atoms with Crippen molar-refractivity contribution in [1.29, 1.82) is 0 Å². The lowest BCUT2D eigenvalue weighted by Gasteiger charge is -2.20. The summed E-state index contributed by atoms with van der Waals surface area (Å²) in [6, 6.07) is 12.7. The molecule has 0 spiro atoms. The number of fused-ring (bicyclic) bond motifs is 1. The molecule has 26 heavy (non-hydrogen) atoms. The zero-order valence-corrected chi connectivity index (χ0v) is 15.3. The first kappa shape index (κ1) is 17.8. The molecule has 0 radical (unpaired) electrons. The zero-order chi connectivity index (χ0) is 18.9. The standard InChI is InChI=1S/C20H22N2O4/c1-20(2)14-7-5-6-8-15(14)22(19(20)24)12-18(23)21-13-9-10-16(25-3)17(11-13)26-4/h5-11H,12H2,1-4H3,(H,21,23). The molecule has 1 aliphatic rings. The molecule has 6 heteroatoms. The van der Waals surface area contributed by atoms with Crippen LogP contribution in [0, 0.1) is 0 Å². The number of carbonyl (C=O) groups is 2. The van der Waals surface area contributed by atoms with Crippen LogP contribution in [0.1, 0.15) is 19.4 Å². The van der Waals surface area contributed by atoms with Gasteiger partial charge in [-0.1, -0.05) is 18.2 Å². The molecule has 1 aliphatic heterocycles. The number of benzene rings is 2. The summed E-state index contributed by atoms with van der Waals surface area (Å²) in [6.45, 7) is 3.70. The van der Waals surface area contributed by atoms with Crippen LogP contribution in [-0.4, -0.2) is 32.6 Å². The normalized spacial score (nSPS) is 14.8. The Balaban J connectivity index is 1.78. The Morgan fingerprint density at radius 1 is 1.08 bits per heavy atom. The third-order valence-corrected chi connectivity index (χ3v) is 4.62. The number of rotatable bonds is 5. The third-order valence-electron chi connectivity index (χ3n) is 4.62. The highest BCUT2D eigenvalue weighted by Crippen LogP contribution is 2.41. The van der Waals surface area contributed by atoms with E-state index in [1.54, 1.807) is 25.3 Å². The average Bonchev–Trinajstić information content (AvgIpc) is 2.83. The summed E-state index contributed by atoms with van der Waals surface area (Å²) in [5.74, 6) is 0.740. The smallest absolute Gasteiger partial charge is 0.244 e. The van der Waals surface area contributed by atoms with E-state index in [0.717, 1.165) is 11.3 Å². The number of anilines is 2. The van der Waals surface area contributed by atoms with Crippen LogP contribution >= 0.6 is 0 Å². The van der Waals surface area contributed by atoms with E-state index < -0.39 is 5.41 Å². The van der Waals surface area contributed by atoms with Gasteiger partial charge in [0.25, 0.3) is 0 Å². The van der Waals surface area contributed by atoms with Gasteiger partial charge in [0.2, 0.25) is 11.8 Å². The minimum absolute atomic E-state index is 0.0480. The van der Waals surface area contributed by atoms with Gasteiger partial charge in [-0.25, -0.2) is 0 Å². The van der Waals surface area contributed by atoms with Crippen LogP contribution in [0.4, 0.5) is 11.4 Å². The average molecular weight is 354 g/mol. The predicted octanol–water partition coefficient (Wildman–Crippen LogP) is 2.97. The van der Waals surface area contributed by atoms with Crippen molar-refractivity contribution in [3.8, 4) is 11.5 Å². The van der Waals surface area contributed by atoms with Crippen LogP contribution in [0.15, 0.2) is 42.5 Å². The van der Waals surface area contributed by atoms with Gasteiger partial charge >= 0.3 is 0 Å². The Bertz CT molecular complexity index is 861. The van der Waals surface area contributed by atoms with E-state index in [4.69, 9.17) is 9.47 Å². The number of amides is 2. The number of methoxy groups -OCH3 is 2. The SMILES string of the molecule is COc1ccc(NC(=O)CN2C(=O)C(C)(C)c3ccccc32)cc1OC. The quantitative estimate of drug-likeness (QED) is 0.896. The van der Waals surface area contributed by atoms with Crippen LogP contribution in [0.5, 0.6) is 11.5 Å². The molecule has 0 saturated carbocycles. The summed E-state index contributed by atoms with van der Waals surface area (Å²) in [5.41, 5.74) is 1.65. The number of hydrogen-bond acceptors (Lipinski definition) is 4. The van der Waals surface area contributed by atoms with Crippen LogP contribution in [0.2, 0.25) is 0 Å². The molecule has 0 aliphatic carbocycles. The van der Waals surface area contributed by atoms with Gasteiger partial charge in [-0.15, -0.1) is 0 Å². The molecule has 2 aromatic rings. The minimum Gasteiger partial charge on any atom is -0.493 e. The fraction of sp³-hybridized carbons (Fsp3) is 0.300. The lowest BCUT2D eigenvalue weighted by Crippen LogP contribution is -2.40. The van der Waals surface area contributed by atoms with Crippen molar-refractivity contribution in [3.05, 3.63) is 48.0 Å². The number of para-hydroxylation sites is 1. The first-order valence-electron chi connectivity index (χ1n) is 8.32. The van der Waals surface area contributed by atoms with Crippen molar-refractivity contribution >= 4 is 23.2 Å². The molecule has 1 N–H and O–H groups in total. The van der Waals surface area contributed by atoms with Gasteiger partial charge in [0.05, 0.1) is 19.6 Å². The zero-order valence-electron chi connectivity index (χ0n) is 15.3. The molecule has 2 aromatic carbocycles. The van der Waals surface area contributed by atoms with Gasteiger partial charge < -0.3 is 19.7 Å². The predicted molar refractivity (Wildman–Crippen MR) is 100.0 cm³/mol. The minimum atomic E-state index is -0.639. The summed E-state index contributed by atoms with van der Waals surface area (Å²) in [4.78, 5) is 26.8. The Labute approximate surface area is 152 Å². The number of nitrogens with zero attached hydrogens (tertiary/aromatic N) is 1. The second-order valence-corrected chi connectivity index (χ2v) is 6.65. The Hall–Kier alpha value is -3.02. The summed E-state index contributed by atoms with van der Waals surface area (Å²) >= 11 is 0. The molecule has 6 nitrogen and oxygen atoms in total. The second-order valence-electron chi connectivity index (χ2n) is 6.65. The highest BCUT2D eigenvalue weighted by atomic mass is 16.5. The van der Waals surface area contributed by atoms with E-state index in [-0.39, 0.29) is 18.4 Å².